The topological polar surface area (TPSA) is 49.9 Å². The molecule has 2 unspecified atom stereocenters. The summed E-state index contributed by atoms with van der Waals surface area (Å²) in [5.41, 5.74) is 3.05. The minimum atomic E-state index is -0.305. The van der Waals surface area contributed by atoms with Gasteiger partial charge in [0.1, 0.15) is 5.75 Å². The van der Waals surface area contributed by atoms with Gasteiger partial charge in [0.15, 0.2) is 0 Å². The summed E-state index contributed by atoms with van der Waals surface area (Å²) in [5, 5.41) is 0.646. The van der Waals surface area contributed by atoms with Gasteiger partial charge in [-0.1, -0.05) is 49.7 Å². The van der Waals surface area contributed by atoms with E-state index in [0.29, 0.717) is 17.5 Å². The number of fused-ring (bicyclic) bond motifs is 1. The molecule has 2 atom stereocenters. The van der Waals surface area contributed by atoms with Gasteiger partial charge in [0.2, 0.25) is 11.8 Å². The van der Waals surface area contributed by atoms with E-state index in [1.807, 2.05) is 47.4 Å². The van der Waals surface area contributed by atoms with Crippen LogP contribution in [0.3, 0.4) is 0 Å². The zero-order chi connectivity index (χ0) is 24.2. The zero-order valence-corrected chi connectivity index (χ0v) is 21.2. The van der Waals surface area contributed by atoms with Gasteiger partial charge in [-0.15, -0.1) is 0 Å². The van der Waals surface area contributed by atoms with Crippen molar-refractivity contribution in [2.75, 3.05) is 33.3 Å². The molecule has 2 aromatic carbocycles. The summed E-state index contributed by atoms with van der Waals surface area (Å²) < 4.78 is 5.70. The highest BCUT2D eigenvalue weighted by Gasteiger charge is 2.38. The molecule has 1 fully saturated rings. The number of halogens is 1. The van der Waals surface area contributed by atoms with Gasteiger partial charge < -0.3 is 14.5 Å². The van der Waals surface area contributed by atoms with Crippen molar-refractivity contribution in [1.82, 2.24) is 9.80 Å². The number of nitrogens with zero attached hydrogens (tertiary/aromatic N) is 2. The van der Waals surface area contributed by atoms with Crippen molar-refractivity contribution in [3.63, 3.8) is 0 Å². The second kappa shape index (κ2) is 10.8. The van der Waals surface area contributed by atoms with Crippen LogP contribution in [0.2, 0.25) is 5.02 Å². The average molecular weight is 483 g/mol. The van der Waals surface area contributed by atoms with Crippen LogP contribution in [0.25, 0.3) is 0 Å². The molecule has 5 nitrogen and oxygen atoms in total. The van der Waals surface area contributed by atoms with Crippen molar-refractivity contribution in [3.8, 4) is 5.75 Å². The first kappa shape index (κ1) is 24.6. The minimum absolute atomic E-state index is 0.0278. The second-order valence-electron chi connectivity index (χ2n) is 9.91. The average Bonchev–Trinajstić information content (AvgIpc) is 2.94. The van der Waals surface area contributed by atoms with Gasteiger partial charge in [0.25, 0.3) is 0 Å². The van der Waals surface area contributed by atoms with E-state index in [-0.39, 0.29) is 30.2 Å². The lowest BCUT2D eigenvalue weighted by Gasteiger charge is -2.32. The molecule has 1 saturated heterocycles. The third-order valence-corrected chi connectivity index (χ3v) is 7.30. The summed E-state index contributed by atoms with van der Waals surface area (Å²) in [6.45, 7) is 6.36. The quantitative estimate of drug-likeness (QED) is 0.549. The van der Waals surface area contributed by atoms with Crippen LogP contribution in [0.1, 0.15) is 68.1 Å². The monoisotopic (exact) mass is 482 g/mol. The first-order chi connectivity index (χ1) is 16.4. The molecular weight excluding hydrogens is 448 g/mol. The molecule has 0 spiro atoms. The highest BCUT2D eigenvalue weighted by molar-refractivity contribution is 6.30. The van der Waals surface area contributed by atoms with Crippen LogP contribution in [0, 0.1) is 5.92 Å². The highest BCUT2D eigenvalue weighted by Crippen LogP contribution is 2.42. The summed E-state index contributed by atoms with van der Waals surface area (Å²) in [6, 6.07) is 13.8. The molecule has 2 aromatic rings. The van der Waals surface area contributed by atoms with Crippen molar-refractivity contribution < 1.29 is 14.3 Å². The van der Waals surface area contributed by atoms with Gasteiger partial charge in [0.05, 0.1) is 19.6 Å². The van der Waals surface area contributed by atoms with Crippen molar-refractivity contribution in [1.29, 1.82) is 0 Å². The van der Waals surface area contributed by atoms with E-state index in [2.05, 4.69) is 13.8 Å². The molecule has 0 bridgehead atoms. The fourth-order valence-electron chi connectivity index (χ4n) is 5.40. The van der Waals surface area contributed by atoms with Gasteiger partial charge in [-0.05, 0) is 60.9 Å². The summed E-state index contributed by atoms with van der Waals surface area (Å²) in [6.07, 6.45) is 3.95. The lowest BCUT2D eigenvalue weighted by atomic mass is 9.82. The number of carbonyl (C=O) groups excluding carboxylic acids is 2. The lowest BCUT2D eigenvalue weighted by molar-refractivity contribution is -0.142. The molecule has 0 aromatic heterocycles. The Labute approximate surface area is 208 Å². The number of carbonyl (C=O) groups is 2. The van der Waals surface area contributed by atoms with Gasteiger partial charge in [-0.25, -0.2) is 0 Å². The number of methoxy groups -OCH3 is 1. The maximum atomic E-state index is 14.0. The van der Waals surface area contributed by atoms with E-state index in [9.17, 15) is 9.59 Å². The maximum Gasteiger partial charge on any atom is 0.242 e. The third-order valence-electron chi connectivity index (χ3n) is 7.07. The van der Waals surface area contributed by atoms with Crippen LogP contribution >= 0.6 is 11.6 Å². The molecule has 0 N–H and O–H groups in total. The minimum Gasteiger partial charge on any atom is -0.496 e. The van der Waals surface area contributed by atoms with Gasteiger partial charge in [-0.2, -0.15) is 0 Å². The normalized spacial score (nSPS) is 20.8. The van der Waals surface area contributed by atoms with E-state index >= 15 is 0 Å². The Morgan fingerprint density at radius 1 is 1.06 bits per heavy atom. The van der Waals surface area contributed by atoms with E-state index in [1.165, 1.54) is 0 Å². The van der Waals surface area contributed by atoms with Gasteiger partial charge in [0, 0.05) is 36.1 Å². The molecule has 4 rings (SSSR count). The number of likely N-dealkylation sites (tertiary alicyclic amines) is 1. The van der Waals surface area contributed by atoms with E-state index in [1.54, 1.807) is 12.0 Å². The van der Waals surface area contributed by atoms with E-state index in [0.717, 1.165) is 61.2 Å². The molecule has 2 aliphatic heterocycles. The number of ether oxygens (including phenoxy) is 1. The number of benzene rings is 2. The third kappa shape index (κ3) is 5.25. The van der Waals surface area contributed by atoms with Crippen LogP contribution in [-0.2, 0) is 9.59 Å². The number of para-hydroxylation sites is 1. The summed E-state index contributed by atoms with van der Waals surface area (Å²) >= 11 is 6.48. The Hall–Kier alpha value is -2.53. The number of rotatable bonds is 6. The van der Waals surface area contributed by atoms with Crippen LogP contribution in [0.4, 0.5) is 0 Å². The largest absolute Gasteiger partial charge is 0.496 e. The maximum absolute atomic E-state index is 14.0. The van der Waals surface area contributed by atoms with Crippen molar-refractivity contribution >= 4 is 23.4 Å². The van der Waals surface area contributed by atoms with Gasteiger partial charge >= 0.3 is 0 Å². The Morgan fingerprint density at radius 3 is 2.50 bits per heavy atom. The standard InChI is InChI=1S/C28H35ClN2O3/c1-19(2)15-24-21-12-11-20(29)16-23(21)25(22-9-5-6-10-26(22)34-3)17-31(28(24)33)18-27(32)30-13-7-4-8-14-30/h5-6,9-12,16,19,24-25H,4,7-8,13-15,17-18H2,1-3H3. The smallest absolute Gasteiger partial charge is 0.242 e. The molecule has 34 heavy (non-hydrogen) atoms. The molecule has 2 aliphatic rings. The number of hydrogen-bond donors (Lipinski definition) is 0. The Morgan fingerprint density at radius 2 is 1.79 bits per heavy atom. The SMILES string of the molecule is COc1ccccc1C1CN(CC(=O)N2CCCCC2)C(=O)C(CC(C)C)c2ccc(Cl)cc21. The Bertz CT molecular complexity index is 1030. The molecule has 0 radical (unpaired) electrons. The first-order valence-corrected chi connectivity index (χ1v) is 12.8. The van der Waals surface area contributed by atoms with Crippen molar-refractivity contribution in [2.45, 2.75) is 51.4 Å². The lowest BCUT2D eigenvalue weighted by Crippen LogP contribution is -2.46. The first-order valence-electron chi connectivity index (χ1n) is 12.4. The Kier molecular flexibility index (Phi) is 7.82. The van der Waals surface area contributed by atoms with E-state index < -0.39 is 0 Å². The van der Waals surface area contributed by atoms with Gasteiger partial charge in [-0.3, -0.25) is 9.59 Å². The van der Waals surface area contributed by atoms with Crippen LogP contribution in [0.5, 0.6) is 5.75 Å². The molecule has 0 aliphatic carbocycles. The molecule has 0 saturated carbocycles. The zero-order valence-electron chi connectivity index (χ0n) is 20.4. The number of amides is 2. The Balaban J connectivity index is 1.78. The summed E-state index contributed by atoms with van der Waals surface area (Å²) in [4.78, 5) is 30.9. The van der Waals surface area contributed by atoms with Crippen molar-refractivity contribution in [2.24, 2.45) is 5.92 Å². The fourth-order valence-corrected chi connectivity index (χ4v) is 5.58. The molecule has 2 heterocycles. The second-order valence-corrected chi connectivity index (χ2v) is 10.3. The molecule has 2 amide bonds. The summed E-state index contributed by atoms with van der Waals surface area (Å²) in [5.74, 6) is 0.732. The molecule has 182 valence electrons. The predicted octanol–water partition coefficient (Wildman–Crippen LogP) is 5.46. The molecular formula is C28H35ClN2O3. The van der Waals surface area contributed by atoms with Crippen LogP contribution < -0.4 is 4.74 Å². The van der Waals surface area contributed by atoms with Crippen LogP contribution in [-0.4, -0.2) is 54.9 Å². The summed E-state index contributed by atoms with van der Waals surface area (Å²) in [7, 11) is 1.67. The number of hydrogen-bond acceptors (Lipinski definition) is 3. The van der Waals surface area contributed by atoms with E-state index in [4.69, 9.17) is 16.3 Å². The highest BCUT2D eigenvalue weighted by atomic mass is 35.5. The van der Waals surface area contributed by atoms with Crippen LogP contribution in [0.15, 0.2) is 42.5 Å². The number of piperidine rings is 1. The molecule has 6 heteroatoms. The van der Waals surface area contributed by atoms with Crippen molar-refractivity contribution in [3.05, 3.63) is 64.2 Å². The fraction of sp³-hybridized carbons (Fsp3) is 0.500. The predicted molar refractivity (Wildman–Crippen MR) is 135 cm³/mol.